The van der Waals surface area contributed by atoms with Gasteiger partial charge in [-0.1, -0.05) is 106 Å². The van der Waals surface area contributed by atoms with Crippen LogP contribution in [0, 0.1) is 17.8 Å². The molecule has 0 aromatic rings. The average molecular weight is 541 g/mol. The lowest BCUT2D eigenvalue weighted by Gasteiger charge is -2.10. The highest BCUT2D eigenvalue weighted by atomic mass is 16.5. The first-order valence-electron chi connectivity index (χ1n) is 15.4. The van der Waals surface area contributed by atoms with Crippen molar-refractivity contribution in [1.82, 2.24) is 0 Å². The van der Waals surface area contributed by atoms with E-state index in [1.54, 1.807) is 0 Å². The van der Waals surface area contributed by atoms with Gasteiger partial charge in [-0.2, -0.15) is 0 Å². The number of carbonyl (C=O) groups is 4. The summed E-state index contributed by atoms with van der Waals surface area (Å²) in [5, 5.41) is 0. The summed E-state index contributed by atoms with van der Waals surface area (Å²) in [5.74, 6) is 0.718. The summed E-state index contributed by atoms with van der Waals surface area (Å²) in [5.41, 5.74) is 0.928. The topological polar surface area (TPSA) is 77.5 Å². The van der Waals surface area contributed by atoms with Crippen molar-refractivity contribution in [3.8, 4) is 0 Å². The maximum atomic E-state index is 11.0. The number of aldehydes is 3. The number of hydrogen-bond donors (Lipinski definition) is 0. The molecule has 3 atom stereocenters. The van der Waals surface area contributed by atoms with Gasteiger partial charge in [-0.05, 0) is 56.9 Å². The third-order valence-corrected chi connectivity index (χ3v) is 6.48. The van der Waals surface area contributed by atoms with Gasteiger partial charge in [0.25, 0.3) is 0 Å². The molecular weight excluding hydrogens is 476 g/mol. The highest BCUT2D eigenvalue weighted by Crippen LogP contribution is 2.13. The van der Waals surface area contributed by atoms with Crippen LogP contribution in [0.1, 0.15) is 152 Å². The quantitative estimate of drug-likeness (QED) is 0.0926. The molecule has 0 bridgehead atoms. The molecule has 0 radical (unpaired) electrons. The Morgan fingerprint density at radius 1 is 0.658 bits per heavy atom. The molecule has 0 amide bonds. The minimum Gasteiger partial charge on any atom is -0.469 e. The van der Waals surface area contributed by atoms with E-state index in [0.717, 1.165) is 95.1 Å². The van der Waals surface area contributed by atoms with Gasteiger partial charge in [0.1, 0.15) is 18.9 Å². The summed E-state index contributed by atoms with van der Waals surface area (Å²) in [6.07, 6.45) is 21.2. The van der Waals surface area contributed by atoms with E-state index < -0.39 is 0 Å². The Hall–Kier alpha value is -1.78. The van der Waals surface area contributed by atoms with Crippen molar-refractivity contribution in [3.63, 3.8) is 0 Å². The molecule has 0 aromatic heterocycles. The third kappa shape index (κ3) is 32.2. The van der Waals surface area contributed by atoms with Crippen molar-refractivity contribution in [2.75, 3.05) is 7.11 Å². The Bertz CT molecular complexity index is 522. The Kier molecular flexibility index (Phi) is 42.6. The van der Waals surface area contributed by atoms with Gasteiger partial charge in [0, 0.05) is 11.8 Å². The lowest BCUT2D eigenvalue weighted by atomic mass is 10.00. The van der Waals surface area contributed by atoms with Crippen LogP contribution in [0.25, 0.3) is 0 Å². The van der Waals surface area contributed by atoms with Crippen molar-refractivity contribution in [2.45, 2.75) is 152 Å². The molecule has 0 N–H and O–H groups in total. The van der Waals surface area contributed by atoms with Crippen LogP contribution in [0.15, 0.2) is 11.6 Å². The first kappa shape index (κ1) is 43.3. The smallest absolute Gasteiger partial charge is 0.308 e. The van der Waals surface area contributed by atoms with Crippen LogP contribution in [-0.4, -0.2) is 31.9 Å². The van der Waals surface area contributed by atoms with Crippen LogP contribution >= 0.6 is 0 Å². The highest BCUT2D eigenvalue weighted by molar-refractivity contribution is 5.72. The minimum absolute atomic E-state index is 0.0547. The molecule has 5 nitrogen and oxygen atoms in total. The van der Waals surface area contributed by atoms with E-state index in [1.807, 2.05) is 19.9 Å². The van der Waals surface area contributed by atoms with Gasteiger partial charge >= 0.3 is 5.97 Å². The summed E-state index contributed by atoms with van der Waals surface area (Å²) in [6, 6.07) is 0. The van der Waals surface area contributed by atoms with E-state index in [4.69, 9.17) is 0 Å². The molecule has 0 aliphatic heterocycles. The zero-order valence-corrected chi connectivity index (χ0v) is 26.7. The first-order chi connectivity index (χ1) is 18.3. The monoisotopic (exact) mass is 540 g/mol. The molecule has 0 heterocycles. The summed E-state index contributed by atoms with van der Waals surface area (Å²) in [6.45, 7) is 16.7. The maximum absolute atomic E-state index is 11.0. The van der Waals surface area contributed by atoms with Crippen LogP contribution in [0.2, 0.25) is 0 Å². The standard InChI is InChI=1S/C9H18O2.2C8H16O.C8H14O/c1-4-6-7-8(5-2)9(10)11-3;3*1-3-5-6-8(4-2)7-9/h8H,4-7H2,1-3H3;2*7-8H,3-6H2,1-2H3;6-7H,3-5H2,1-2H3/b;;;8-6+. The normalized spacial score (nSPS) is 12.6. The molecule has 226 valence electrons. The predicted molar refractivity (Wildman–Crippen MR) is 163 cm³/mol. The van der Waals surface area contributed by atoms with Gasteiger partial charge in [-0.25, -0.2) is 0 Å². The van der Waals surface area contributed by atoms with Gasteiger partial charge in [0.05, 0.1) is 13.0 Å². The zero-order chi connectivity index (χ0) is 30.0. The van der Waals surface area contributed by atoms with Crippen LogP contribution in [0.5, 0.6) is 0 Å². The summed E-state index contributed by atoms with van der Waals surface area (Å²) < 4.78 is 4.66. The van der Waals surface area contributed by atoms with Crippen molar-refractivity contribution < 1.29 is 23.9 Å². The number of hydrogen-bond acceptors (Lipinski definition) is 5. The Morgan fingerprint density at radius 3 is 1.37 bits per heavy atom. The number of allylic oxidation sites excluding steroid dienone is 2. The molecule has 0 aromatic carbocycles. The van der Waals surface area contributed by atoms with Gasteiger partial charge in [-0.3, -0.25) is 9.59 Å². The molecule has 5 heteroatoms. The Morgan fingerprint density at radius 2 is 1.11 bits per heavy atom. The van der Waals surface area contributed by atoms with E-state index in [0.29, 0.717) is 11.8 Å². The molecule has 0 rings (SSSR count). The molecule has 3 unspecified atom stereocenters. The number of methoxy groups -OCH3 is 1. The van der Waals surface area contributed by atoms with Crippen LogP contribution < -0.4 is 0 Å². The zero-order valence-electron chi connectivity index (χ0n) is 26.7. The molecule has 0 saturated heterocycles. The minimum atomic E-state index is -0.0547. The lowest BCUT2D eigenvalue weighted by molar-refractivity contribution is -0.145. The molecule has 0 aliphatic rings. The molecule has 0 saturated carbocycles. The lowest BCUT2D eigenvalue weighted by Crippen LogP contribution is -2.14. The van der Waals surface area contributed by atoms with Gasteiger partial charge in [0.15, 0.2) is 0 Å². The van der Waals surface area contributed by atoms with E-state index in [-0.39, 0.29) is 11.9 Å². The Labute approximate surface area is 237 Å². The van der Waals surface area contributed by atoms with Gasteiger partial charge in [-0.15, -0.1) is 0 Å². The number of rotatable bonds is 19. The summed E-state index contributed by atoms with van der Waals surface area (Å²) >= 11 is 0. The first-order valence-corrected chi connectivity index (χ1v) is 15.4. The second kappa shape index (κ2) is 37.4. The highest BCUT2D eigenvalue weighted by Gasteiger charge is 2.15. The average Bonchev–Trinajstić information content (AvgIpc) is 2.96. The molecule has 0 aliphatic carbocycles. The fraction of sp³-hybridized carbons (Fsp3) is 0.818. The third-order valence-electron chi connectivity index (χ3n) is 6.48. The van der Waals surface area contributed by atoms with Crippen molar-refractivity contribution in [3.05, 3.63) is 11.6 Å². The van der Waals surface area contributed by atoms with Crippen LogP contribution in [0.3, 0.4) is 0 Å². The summed E-state index contributed by atoms with van der Waals surface area (Å²) in [7, 11) is 1.46. The van der Waals surface area contributed by atoms with Crippen LogP contribution in [0.4, 0.5) is 0 Å². The summed E-state index contributed by atoms with van der Waals surface area (Å²) in [4.78, 5) is 41.7. The molecular formula is C33H64O5. The van der Waals surface area contributed by atoms with Gasteiger partial charge < -0.3 is 14.3 Å². The number of unbranched alkanes of at least 4 members (excludes halogenated alkanes) is 4. The van der Waals surface area contributed by atoms with E-state index in [2.05, 4.69) is 46.3 Å². The largest absolute Gasteiger partial charge is 0.469 e. The fourth-order valence-electron chi connectivity index (χ4n) is 3.38. The predicted octanol–water partition coefficient (Wildman–Crippen LogP) is 9.50. The second-order valence-corrected chi connectivity index (χ2v) is 9.70. The van der Waals surface area contributed by atoms with Crippen molar-refractivity contribution in [1.29, 1.82) is 0 Å². The fourth-order valence-corrected chi connectivity index (χ4v) is 3.38. The molecule has 0 spiro atoms. The number of carbonyl (C=O) groups excluding carboxylic acids is 4. The van der Waals surface area contributed by atoms with Crippen molar-refractivity contribution >= 4 is 24.8 Å². The van der Waals surface area contributed by atoms with E-state index >= 15 is 0 Å². The molecule has 0 fully saturated rings. The van der Waals surface area contributed by atoms with Gasteiger partial charge in [0.2, 0.25) is 0 Å². The SMILES string of the molecule is CCC/C=C(/C=O)CC.CCCCC(C=O)CC.CCCCC(C=O)CC.CCCCC(CC)C(=O)OC. The maximum Gasteiger partial charge on any atom is 0.308 e. The van der Waals surface area contributed by atoms with Crippen molar-refractivity contribution in [2.24, 2.45) is 17.8 Å². The Balaban J connectivity index is -0.000000204. The number of esters is 1. The van der Waals surface area contributed by atoms with E-state index in [9.17, 15) is 19.2 Å². The van der Waals surface area contributed by atoms with E-state index in [1.165, 1.54) is 32.8 Å². The van der Waals surface area contributed by atoms with Crippen LogP contribution in [-0.2, 0) is 23.9 Å². The molecule has 38 heavy (non-hydrogen) atoms. The number of ether oxygens (including phenoxy) is 1. The second-order valence-electron chi connectivity index (χ2n) is 9.70.